The number of hydrogen-bond donors (Lipinski definition) is 3. The fraction of sp³-hybridized carbons (Fsp3) is 0.227. The average Bonchev–Trinajstić information content (AvgIpc) is 3.33. The summed E-state index contributed by atoms with van der Waals surface area (Å²) in [7, 11) is 0. The molecule has 2 aromatic heterocycles. The highest BCUT2D eigenvalue weighted by Crippen LogP contribution is 2.28. The molecule has 0 aliphatic rings. The van der Waals surface area contributed by atoms with Crippen LogP contribution in [-0.4, -0.2) is 36.5 Å². The zero-order chi connectivity index (χ0) is 23.7. The summed E-state index contributed by atoms with van der Waals surface area (Å²) in [6, 6.07) is 11.9. The second-order valence-electron chi connectivity index (χ2n) is 6.81. The van der Waals surface area contributed by atoms with E-state index in [1.165, 1.54) is 18.4 Å². The summed E-state index contributed by atoms with van der Waals surface area (Å²) in [6.45, 7) is 0.537. The van der Waals surface area contributed by atoms with Gasteiger partial charge in [0.05, 0.1) is 11.8 Å². The molecule has 3 rings (SSSR count). The van der Waals surface area contributed by atoms with Crippen LogP contribution in [0.5, 0.6) is 5.75 Å². The highest BCUT2D eigenvalue weighted by Gasteiger charge is 2.30. The smallest absolute Gasteiger partial charge is 0.417 e. The number of anilines is 2. The lowest BCUT2D eigenvalue weighted by molar-refractivity contribution is -0.137. The number of benzene rings is 1. The van der Waals surface area contributed by atoms with E-state index in [1.807, 2.05) is 0 Å². The molecule has 2 amide bonds. The number of amides is 2. The lowest BCUT2D eigenvalue weighted by Gasteiger charge is -2.10. The molecule has 0 saturated heterocycles. The minimum absolute atomic E-state index is 0.171. The van der Waals surface area contributed by atoms with Crippen LogP contribution in [0.25, 0.3) is 0 Å². The van der Waals surface area contributed by atoms with Crippen LogP contribution >= 0.6 is 0 Å². The zero-order valence-corrected chi connectivity index (χ0v) is 17.3. The van der Waals surface area contributed by atoms with Crippen LogP contribution in [0.15, 0.2) is 65.4 Å². The van der Waals surface area contributed by atoms with Gasteiger partial charge in [-0.25, -0.2) is 4.98 Å². The lowest BCUT2D eigenvalue weighted by atomic mass is 10.3. The first-order chi connectivity index (χ1) is 15.8. The molecule has 33 heavy (non-hydrogen) atoms. The third-order valence-corrected chi connectivity index (χ3v) is 4.28. The van der Waals surface area contributed by atoms with Gasteiger partial charge in [0, 0.05) is 31.0 Å². The summed E-state index contributed by atoms with van der Waals surface area (Å²) in [6.07, 6.45) is -1.73. The molecule has 0 saturated carbocycles. The Hall–Kier alpha value is -4.02. The van der Waals surface area contributed by atoms with Crippen molar-refractivity contribution in [3.8, 4) is 5.75 Å². The van der Waals surface area contributed by atoms with E-state index >= 15 is 0 Å². The molecule has 0 aliphatic heterocycles. The molecular weight excluding hydrogens is 441 g/mol. The van der Waals surface area contributed by atoms with Crippen molar-refractivity contribution in [1.82, 2.24) is 10.3 Å². The van der Waals surface area contributed by atoms with E-state index in [1.54, 1.807) is 30.3 Å². The first-order valence-electron chi connectivity index (χ1n) is 9.93. The van der Waals surface area contributed by atoms with Crippen molar-refractivity contribution >= 4 is 23.3 Å². The Morgan fingerprint density at radius 3 is 2.61 bits per heavy atom. The van der Waals surface area contributed by atoms with Crippen LogP contribution in [0.3, 0.4) is 0 Å². The molecule has 0 fully saturated rings. The average molecular weight is 462 g/mol. The maximum absolute atomic E-state index is 12.5. The number of nitrogens with one attached hydrogen (secondary N) is 3. The third kappa shape index (κ3) is 7.56. The number of nitrogens with zero attached hydrogens (tertiary/aromatic N) is 1. The fourth-order valence-corrected chi connectivity index (χ4v) is 2.66. The monoisotopic (exact) mass is 462 g/mol. The Morgan fingerprint density at radius 1 is 1.06 bits per heavy atom. The summed E-state index contributed by atoms with van der Waals surface area (Å²) in [4.78, 5) is 27.7. The van der Waals surface area contributed by atoms with E-state index in [4.69, 9.17) is 9.15 Å². The maximum Gasteiger partial charge on any atom is 0.417 e. The number of aromatic nitrogens is 1. The summed E-state index contributed by atoms with van der Waals surface area (Å²) in [5, 5.41) is 8.23. The number of halogens is 3. The number of rotatable bonds is 10. The molecule has 2 heterocycles. The van der Waals surface area contributed by atoms with Gasteiger partial charge in [-0.1, -0.05) is 6.07 Å². The number of alkyl halides is 3. The van der Waals surface area contributed by atoms with Crippen molar-refractivity contribution in [1.29, 1.82) is 0 Å². The predicted octanol–water partition coefficient (Wildman–Crippen LogP) is 3.94. The van der Waals surface area contributed by atoms with Crippen molar-refractivity contribution < 1.29 is 31.9 Å². The van der Waals surface area contributed by atoms with Crippen LogP contribution in [0.2, 0.25) is 0 Å². The number of ether oxygens (including phenoxy) is 1. The molecular formula is C22H21F3N4O4. The minimum atomic E-state index is -4.42. The molecule has 8 nitrogen and oxygen atoms in total. The van der Waals surface area contributed by atoms with Gasteiger partial charge in [-0.2, -0.15) is 13.2 Å². The van der Waals surface area contributed by atoms with E-state index in [9.17, 15) is 22.8 Å². The van der Waals surface area contributed by atoms with Gasteiger partial charge in [-0.15, -0.1) is 0 Å². The van der Waals surface area contributed by atoms with Crippen molar-refractivity contribution in [2.24, 2.45) is 0 Å². The predicted molar refractivity (Wildman–Crippen MR) is 114 cm³/mol. The summed E-state index contributed by atoms with van der Waals surface area (Å²) in [5.41, 5.74) is -0.331. The molecule has 0 atom stereocenters. The first-order valence-corrected chi connectivity index (χ1v) is 9.93. The van der Waals surface area contributed by atoms with Gasteiger partial charge >= 0.3 is 6.18 Å². The van der Waals surface area contributed by atoms with Crippen molar-refractivity contribution in [2.45, 2.75) is 12.6 Å². The highest BCUT2D eigenvalue weighted by molar-refractivity contribution is 6.02. The van der Waals surface area contributed by atoms with Crippen molar-refractivity contribution in [2.75, 3.05) is 30.3 Å². The first kappa shape index (κ1) is 23.6. The van der Waals surface area contributed by atoms with Crippen LogP contribution in [-0.2, 0) is 11.0 Å². The SMILES string of the molecule is O=C(COc1cccc(NC(=O)c2ccco2)c1)NCCCNc1ccc(C(F)(F)F)cn1. The maximum atomic E-state index is 12.5. The van der Waals surface area contributed by atoms with E-state index in [-0.39, 0.29) is 18.3 Å². The Bertz CT molecular complexity index is 1050. The molecule has 1 aromatic carbocycles. The topological polar surface area (TPSA) is 105 Å². The van der Waals surface area contributed by atoms with Gasteiger partial charge in [-0.3, -0.25) is 9.59 Å². The molecule has 0 bridgehead atoms. The Balaban J connectivity index is 1.33. The second kappa shape index (κ2) is 11.0. The number of carbonyl (C=O) groups excluding carboxylic acids is 2. The second-order valence-corrected chi connectivity index (χ2v) is 6.81. The molecule has 3 N–H and O–H groups in total. The molecule has 0 aliphatic carbocycles. The van der Waals surface area contributed by atoms with Crippen molar-refractivity contribution in [3.63, 3.8) is 0 Å². The quantitative estimate of drug-likeness (QED) is 0.394. The summed E-state index contributed by atoms with van der Waals surface area (Å²) >= 11 is 0. The summed E-state index contributed by atoms with van der Waals surface area (Å²) < 4.78 is 48.0. The third-order valence-electron chi connectivity index (χ3n) is 4.28. The fourth-order valence-electron chi connectivity index (χ4n) is 2.66. The lowest BCUT2D eigenvalue weighted by Crippen LogP contribution is -2.30. The zero-order valence-electron chi connectivity index (χ0n) is 17.3. The van der Waals surface area contributed by atoms with Gasteiger partial charge in [-0.05, 0) is 42.8 Å². The van der Waals surface area contributed by atoms with Crippen molar-refractivity contribution in [3.05, 3.63) is 72.3 Å². The van der Waals surface area contributed by atoms with Gasteiger partial charge in [0.2, 0.25) is 0 Å². The molecule has 11 heteroatoms. The number of pyridine rings is 1. The van der Waals surface area contributed by atoms with Gasteiger partial charge < -0.3 is 25.1 Å². The van der Waals surface area contributed by atoms with E-state index in [2.05, 4.69) is 20.9 Å². The normalized spacial score (nSPS) is 11.0. The van der Waals surface area contributed by atoms with Gasteiger partial charge in [0.15, 0.2) is 12.4 Å². The highest BCUT2D eigenvalue weighted by atomic mass is 19.4. The number of hydrogen-bond acceptors (Lipinski definition) is 6. The van der Waals surface area contributed by atoms with Gasteiger partial charge in [0.1, 0.15) is 11.6 Å². The van der Waals surface area contributed by atoms with E-state index in [0.29, 0.717) is 36.8 Å². The Labute approximate surface area is 187 Å². The summed E-state index contributed by atoms with van der Waals surface area (Å²) in [5.74, 6) is 0.140. The van der Waals surface area contributed by atoms with E-state index < -0.39 is 17.6 Å². The molecule has 0 radical (unpaired) electrons. The standard InChI is InChI=1S/C22H21F3N4O4/c23-22(24,25)15-7-8-19(28-13-15)26-9-3-10-27-20(30)14-33-17-5-1-4-16(12-17)29-21(31)18-6-2-11-32-18/h1-2,4-8,11-13H,3,9-10,14H2,(H,26,28)(H,27,30)(H,29,31). The molecule has 3 aromatic rings. The molecule has 0 unspecified atom stereocenters. The minimum Gasteiger partial charge on any atom is -0.484 e. The van der Waals surface area contributed by atoms with Crippen LogP contribution in [0.1, 0.15) is 22.5 Å². The molecule has 0 spiro atoms. The van der Waals surface area contributed by atoms with Crippen LogP contribution in [0.4, 0.5) is 24.7 Å². The number of furan rings is 1. The van der Waals surface area contributed by atoms with Crippen LogP contribution in [0, 0.1) is 0 Å². The van der Waals surface area contributed by atoms with E-state index in [0.717, 1.165) is 12.3 Å². The number of carbonyl (C=O) groups is 2. The Morgan fingerprint density at radius 2 is 1.91 bits per heavy atom. The van der Waals surface area contributed by atoms with Crippen LogP contribution < -0.4 is 20.7 Å². The molecule has 174 valence electrons. The Kier molecular flexibility index (Phi) is 7.90. The van der Waals surface area contributed by atoms with Gasteiger partial charge in [0.25, 0.3) is 11.8 Å². The largest absolute Gasteiger partial charge is 0.484 e.